The van der Waals surface area contributed by atoms with E-state index in [2.05, 4.69) is 0 Å². The molecule has 0 aromatic heterocycles. The molecule has 0 amide bonds. The summed E-state index contributed by atoms with van der Waals surface area (Å²) in [6.07, 6.45) is 4.00. The Labute approximate surface area is 74.2 Å². The summed E-state index contributed by atoms with van der Waals surface area (Å²) in [4.78, 5) is 0. The van der Waals surface area contributed by atoms with E-state index in [1.807, 2.05) is 39.8 Å². The van der Waals surface area contributed by atoms with Crippen LogP contribution in [0.3, 0.4) is 0 Å². The van der Waals surface area contributed by atoms with Gasteiger partial charge in [0.1, 0.15) is 0 Å². The smallest absolute Gasteiger partial charge is 0.0468 e. The monoisotopic (exact) mass is 182 g/mol. The van der Waals surface area contributed by atoms with Gasteiger partial charge in [-0.05, 0) is 27.7 Å². The highest BCUT2D eigenvalue weighted by atomic mass is 35.5. The van der Waals surface area contributed by atoms with Gasteiger partial charge in [0.25, 0.3) is 0 Å². The summed E-state index contributed by atoms with van der Waals surface area (Å²) in [5.41, 5.74) is 0. The van der Waals surface area contributed by atoms with Crippen LogP contribution in [0, 0.1) is 0 Å². The third-order valence-electron chi connectivity index (χ3n) is 0.966. The molecule has 0 saturated carbocycles. The predicted octanol–water partition coefficient (Wildman–Crippen LogP) is 3.82. The highest BCUT2D eigenvalue weighted by molar-refractivity contribution is 6.29. The lowest BCUT2D eigenvalue weighted by molar-refractivity contribution is 0.905. The molecule has 0 bridgehead atoms. The maximum atomic E-state index is 5.48. The van der Waals surface area contributed by atoms with Crippen LogP contribution in [-0.4, -0.2) is 10.8 Å². The summed E-state index contributed by atoms with van der Waals surface area (Å²) in [5.74, 6) is 0. The van der Waals surface area contributed by atoms with E-state index in [-0.39, 0.29) is 10.8 Å². The van der Waals surface area contributed by atoms with E-state index in [0.717, 1.165) is 0 Å². The average Bonchev–Trinajstić information content (AvgIpc) is 1.89. The maximum absolute atomic E-state index is 5.48. The van der Waals surface area contributed by atoms with Crippen LogP contribution in [0.15, 0.2) is 12.2 Å². The van der Waals surface area contributed by atoms with Gasteiger partial charge in [-0.1, -0.05) is 12.2 Å². The van der Waals surface area contributed by atoms with E-state index in [4.69, 9.17) is 23.2 Å². The average molecular weight is 183 g/mol. The largest absolute Gasteiger partial charge is 0.122 e. The molecule has 0 saturated heterocycles. The van der Waals surface area contributed by atoms with Crippen LogP contribution in [0.2, 0.25) is 0 Å². The van der Waals surface area contributed by atoms with Gasteiger partial charge >= 0.3 is 0 Å². The fourth-order valence-electron chi connectivity index (χ4n) is 0. The molecule has 0 rings (SSSR count). The molecule has 2 heteroatoms. The van der Waals surface area contributed by atoms with Crippen molar-refractivity contribution >= 4 is 23.2 Å². The second-order valence-corrected chi connectivity index (χ2v) is 3.40. The minimum atomic E-state index is 0.0895. The summed E-state index contributed by atoms with van der Waals surface area (Å²) in [6.45, 7) is 7.75. The highest BCUT2D eigenvalue weighted by Crippen LogP contribution is 2.06. The molecule has 0 fully saturated rings. The lowest BCUT2D eigenvalue weighted by Gasteiger charge is -2.00. The molecule has 0 nitrogen and oxygen atoms in total. The number of alkyl halides is 2. The van der Waals surface area contributed by atoms with Gasteiger partial charge in [-0.25, -0.2) is 0 Å². The van der Waals surface area contributed by atoms with E-state index in [0.29, 0.717) is 0 Å². The Morgan fingerprint density at radius 2 is 1.10 bits per heavy atom. The first-order chi connectivity index (χ1) is 4.56. The van der Waals surface area contributed by atoms with Crippen LogP contribution in [-0.2, 0) is 0 Å². The van der Waals surface area contributed by atoms with Gasteiger partial charge in [-0.2, -0.15) is 0 Å². The molecule has 0 aliphatic rings. The zero-order chi connectivity index (χ0) is 8.57. The molecule has 0 N–H and O–H groups in total. The normalized spacial score (nSPS) is 15.8. The summed E-state index contributed by atoms with van der Waals surface area (Å²) < 4.78 is 0. The van der Waals surface area contributed by atoms with Crippen molar-refractivity contribution in [3.05, 3.63) is 12.2 Å². The van der Waals surface area contributed by atoms with Crippen molar-refractivity contribution in [1.82, 2.24) is 0 Å². The van der Waals surface area contributed by atoms with Gasteiger partial charge in [0, 0.05) is 10.8 Å². The van der Waals surface area contributed by atoms with Gasteiger partial charge in [0.05, 0.1) is 0 Å². The highest BCUT2D eigenvalue weighted by Gasteiger charge is 2.01. The molecule has 0 aliphatic heterocycles. The van der Waals surface area contributed by atoms with E-state index >= 15 is 0 Å². The SMILES string of the molecule is C/C=C/C.CC(Cl)C(C)Cl. The molecule has 10 heavy (non-hydrogen) atoms. The van der Waals surface area contributed by atoms with Crippen molar-refractivity contribution in [1.29, 1.82) is 0 Å². The van der Waals surface area contributed by atoms with Crippen molar-refractivity contribution in [2.45, 2.75) is 38.4 Å². The first-order valence-electron chi connectivity index (χ1n) is 3.41. The number of rotatable bonds is 1. The van der Waals surface area contributed by atoms with Crippen molar-refractivity contribution in [2.24, 2.45) is 0 Å². The van der Waals surface area contributed by atoms with Gasteiger partial charge in [-0.15, -0.1) is 23.2 Å². The number of halogens is 2. The summed E-state index contributed by atoms with van der Waals surface area (Å²) >= 11 is 11.0. The Morgan fingerprint density at radius 1 is 0.900 bits per heavy atom. The minimum absolute atomic E-state index is 0.0895. The molecular formula is C8H16Cl2. The van der Waals surface area contributed by atoms with Crippen LogP contribution in [0.1, 0.15) is 27.7 Å². The van der Waals surface area contributed by atoms with Crippen molar-refractivity contribution in [3.8, 4) is 0 Å². The Morgan fingerprint density at radius 3 is 1.10 bits per heavy atom. The van der Waals surface area contributed by atoms with E-state index < -0.39 is 0 Å². The molecule has 2 unspecified atom stereocenters. The van der Waals surface area contributed by atoms with E-state index in [1.54, 1.807) is 0 Å². The Kier molecular flexibility index (Phi) is 12.1. The second-order valence-electron chi connectivity index (χ2n) is 2.02. The topological polar surface area (TPSA) is 0 Å². The quantitative estimate of drug-likeness (QED) is 0.428. The Hall–Kier alpha value is 0.320. The number of hydrogen-bond donors (Lipinski definition) is 0. The first kappa shape index (κ1) is 12.9. The Bertz CT molecular complexity index is 65.3. The van der Waals surface area contributed by atoms with Crippen LogP contribution < -0.4 is 0 Å². The lowest BCUT2D eigenvalue weighted by Crippen LogP contribution is -2.03. The van der Waals surface area contributed by atoms with E-state index in [1.165, 1.54) is 0 Å². The second kappa shape index (κ2) is 9.32. The van der Waals surface area contributed by atoms with Gasteiger partial charge in [0.2, 0.25) is 0 Å². The molecule has 0 aromatic carbocycles. The van der Waals surface area contributed by atoms with Gasteiger partial charge in [0.15, 0.2) is 0 Å². The molecule has 2 atom stereocenters. The molecule has 0 aromatic rings. The number of allylic oxidation sites excluding steroid dienone is 2. The van der Waals surface area contributed by atoms with Crippen molar-refractivity contribution in [3.63, 3.8) is 0 Å². The zero-order valence-corrected chi connectivity index (χ0v) is 8.58. The van der Waals surface area contributed by atoms with E-state index in [9.17, 15) is 0 Å². The summed E-state index contributed by atoms with van der Waals surface area (Å²) in [6, 6.07) is 0. The van der Waals surface area contributed by atoms with Crippen LogP contribution >= 0.6 is 23.2 Å². The standard InChI is InChI=1S/C4H8Cl2.C4H8/c1-3(5)4(2)6;1-3-4-2/h3-4H,1-2H3;3-4H,1-2H3/b;4-3+. The van der Waals surface area contributed by atoms with Gasteiger partial charge in [-0.3, -0.25) is 0 Å². The van der Waals surface area contributed by atoms with Gasteiger partial charge < -0.3 is 0 Å². The third-order valence-corrected chi connectivity index (χ3v) is 1.85. The molecule has 0 aliphatic carbocycles. The Balaban J connectivity index is 0. The minimum Gasteiger partial charge on any atom is -0.122 e. The van der Waals surface area contributed by atoms with Crippen LogP contribution in [0.5, 0.6) is 0 Å². The third kappa shape index (κ3) is 15.8. The summed E-state index contributed by atoms with van der Waals surface area (Å²) in [5, 5.41) is 0.179. The molecule has 0 spiro atoms. The summed E-state index contributed by atoms with van der Waals surface area (Å²) in [7, 11) is 0. The van der Waals surface area contributed by atoms with Crippen molar-refractivity contribution in [2.75, 3.05) is 0 Å². The first-order valence-corrected chi connectivity index (χ1v) is 4.29. The molecule has 0 heterocycles. The maximum Gasteiger partial charge on any atom is 0.0468 e. The van der Waals surface area contributed by atoms with Crippen LogP contribution in [0.4, 0.5) is 0 Å². The van der Waals surface area contributed by atoms with Crippen molar-refractivity contribution < 1.29 is 0 Å². The van der Waals surface area contributed by atoms with Crippen LogP contribution in [0.25, 0.3) is 0 Å². The molecule has 0 radical (unpaired) electrons. The number of hydrogen-bond acceptors (Lipinski definition) is 0. The fourth-order valence-corrected chi connectivity index (χ4v) is 0. The molecular weight excluding hydrogens is 167 g/mol. The fraction of sp³-hybridized carbons (Fsp3) is 0.750. The zero-order valence-electron chi connectivity index (χ0n) is 7.07. The molecule has 62 valence electrons. The predicted molar refractivity (Wildman–Crippen MR) is 51.1 cm³/mol. The lowest BCUT2D eigenvalue weighted by atomic mass is 10.4.